The number of hydrogen-bond donors (Lipinski definition) is 1. The van der Waals surface area contributed by atoms with Crippen molar-refractivity contribution in [1.82, 2.24) is 0 Å². The summed E-state index contributed by atoms with van der Waals surface area (Å²) in [5.41, 5.74) is 3.30. The van der Waals surface area contributed by atoms with Crippen molar-refractivity contribution in [2.75, 3.05) is 29.9 Å². The highest BCUT2D eigenvalue weighted by atomic mass is 19.1. The minimum Gasteiger partial charge on any atom is -0.383 e. The Labute approximate surface area is 120 Å². The number of nitrogens with one attached hydrogen (secondary N) is 1. The van der Waals surface area contributed by atoms with E-state index in [1.165, 1.54) is 11.6 Å². The van der Waals surface area contributed by atoms with E-state index in [1.54, 1.807) is 12.1 Å². The Balaban J connectivity index is 1.91. The van der Waals surface area contributed by atoms with Crippen molar-refractivity contribution < 1.29 is 4.39 Å². The fourth-order valence-corrected chi connectivity index (χ4v) is 2.23. The van der Waals surface area contributed by atoms with Crippen LogP contribution in [0.2, 0.25) is 0 Å². The molecule has 0 aliphatic carbocycles. The van der Waals surface area contributed by atoms with Gasteiger partial charge in [0.2, 0.25) is 0 Å². The van der Waals surface area contributed by atoms with E-state index >= 15 is 0 Å². The Morgan fingerprint density at radius 2 is 1.90 bits per heavy atom. The van der Waals surface area contributed by atoms with Crippen LogP contribution in [0.3, 0.4) is 0 Å². The molecule has 2 aromatic rings. The number of rotatable bonds is 6. The highest BCUT2D eigenvalue weighted by Crippen LogP contribution is 2.15. The number of hydrogen-bond acceptors (Lipinski definition) is 2. The van der Waals surface area contributed by atoms with E-state index in [2.05, 4.69) is 42.3 Å². The van der Waals surface area contributed by atoms with Gasteiger partial charge in [-0.1, -0.05) is 18.2 Å². The summed E-state index contributed by atoms with van der Waals surface area (Å²) < 4.78 is 13.3. The van der Waals surface area contributed by atoms with E-state index in [4.69, 9.17) is 0 Å². The molecular weight excluding hydrogens is 251 g/mol. The summed E-state index contributed by atoms with van der Waals surface area (Å²) >= 11 is 0. The number of halogens is 1. The highest BCUT2D eigenvalue weighted by molar-refractivity contribution is 5.48. The topological polar surface area (TPSA) is 15.3 Å². The smallest absolute Gasteiger partial charge is 0.125 e. The summed E-state index contributed by atoms with van der Waals surface area (Å²) in [5.74, 6) is -0.187. The second kappa shape index (κ2) is 6.94. The molecule has 2 rings (SSSR count). The maximum atomic E-state index is 13.3. The molecule has 0 heterocycles. The zero-order valence-corrected chi connectivity index (χ0v) is 12.1. The molecule has 2 aromatic carbocycles. The number of likely N-dealkylation sites (N-methyl/N-ethyl adjacent to an activating group) is 1. The van der Waals surface area contributed by atoms with Gasteiger partial charge in [0.15, 0.2) is 0 Å². The molecular formula is C17H21FN2. The average molecular weight is 272 g/mol. The minimum atomic E-state index is -0.187. The first-order valence-electron chi connectivity index (χ1n) is 7.00. The molecule has 106 valence electrons. The van der Waals surface area contributed by atoms with Gasteiger partial charge in [0, 0.05) is 31.0 Å². The predicted molar refractivity (Wildman–Crippen MR) is 84.0 cm³/mol. The van der Waals surface area contributed by atoms with E-state index in [1.807, 2.05) is 12.1 Å². The van der Waals surface area contributed by atoms with Crippen LogP contribution in [0.1, 0.15) is 12.5 Å². The maximum Gasteiger partial charge on any atom is 0.125 e. The van der Waals surface area contributed by atoms with Gasteiger partial charge in [-0.2, -0.15) is 0 Å². The Morgan fingerprint density at radius 1 is 1.10 bits per heavy atom. The lowest BCUT2D eigenvalue weighted by atomic mass is 10.2. The fraction of sp³-hybridized carbons (Fsp3) is 0.294. The van der Waals surface area contributed by atoms with Gasteiger partial charge in [0.05, 0.1) is 0 Å². The molecule has 0 spiro atoms. The van der Waals surface area contributed by atoms with E-state index in [0.717, 1.165) is 31.0 Å². The van der Waals surface area contributed by atoms with E-state index in [9.17, 15) is 4.39 Å². The first kappa shape index (κ1) is 14.4. The van der Waals surface area contributed by atoms with Crippen molar-refractivity contribution >= 4 is 11.4 Å². The summed E-state index contributed by atoms with van der Waals surface area (Å²) in [4.78, 5) is 2.16. The summed E-state index contributed by atoms with van der Waals surface area (Å²) in [6.07, 6.45) is 0. The quantitative estimate of drug-likeness (QED) is 0.852. The van der Waals surface area contributed by atoms with Crippen LogP contribution in [0.15, 0.2) is 48.5 Å². The van der Waals surface area contributed by atoms with Crippen LogP contribution in [0.4, 0.5) is 15.8 Å². The van der Waals surface area contributed by atoms with Crippen molar-refractivity contribution in [3.63, 3.8) is 0 Å². The Kier molecular flexibility index (Phi) is 4.99. The van der Waals surface area contributed by atoms with Crippen molar-refractivity contribution in [3.8, 4) is 0 Å². The van der Waals surface area contributed by atoms with Gasteiger partial charge in [-0.25, -0.2) is 4.39 Å². The van der Waals surface area contributed by atoms with Gasteiger partial charge in [0.1, 0.15) is 5.82 Å². The van der Waals surface area contributed by atoms with E-state index < -0.39 is 0 Å². The molecule has 0 radical (unpaired) electrons. The van der Waals surface area contributed by atoms with E-state index in [0.29, 0.717) is 0 Å². The van der Waals surface area contributed by atoms with Crippen molar-refractivity contribution in [1.29, 1.82) is 0 Å². The van der Waals surface area contributed by atoms with Gasteiger partial charge >= 0.3 is 0 Å². The van der Waals surface area contributed by atoms with Crippen LogP contribution >= 0.6 is 0 Å². The average Bonchev–Trinajstić information content (AvgIpc) is 2.44. The Hall–Kier alpha value is -2.03. The summed E-state index contributed by atoms with van der Waals surface area (Å²) in [6.45, 7) is 6.69. The highest BCUT2D eigenvalue weighted by Gasteiger charge is 2.04. The van der Waals surface area contributed by atoms with Crippen molar-refractivity contribution in [3.05, 3.63) is 59.9 Å². The molecule has 0 saturated heterocycles. The van der Waals surface area contributed by atoms with Crippen molar-refractivity contribution in [2.24, 2.45) is 0 Å². The lowest BCUT2D eigenvalue weighted by Gasteiger charge is -2.23. The van der Waals surface area contributed by atoms with Gasteiger partial charge in [0.25, 0.3) is 0 Å². The maximum absolute atomic E-state index is 13.3. The van der Waals surface area contributed by atoms with Crippen LogP contribution in [0, 0.1) is 12.7 Å². The van der Waals surface area contributed by atoms with Crippen LogP contribution in [0.25, 0.3) is 0 Å². The molecule has 3 heteroatoms. The monoisotopic (exact) mass is 272 g/mol. The van der Waals surface area contributed by atoms with E-state index in [-0.39, 0.29) is 5.82 Å². The first-order valence-corrected chi connectivity index (χ1v) is 7.00. The van der Waals surface area contributed by atoms with Gasteiger partial charge in [-0.05, 0) is 49.7 Å². The standard InChI is InChI=1S/C17H21FN2/c1-3-20(17-9-5-7-15(18)13-17)11-10-19-16-8-4-6-14(2)12-16/h4-9,12-13,19H,3,10-11H2,1-2H3. The third-order valence-corrected chi connectivity index (χ3v) is 3.28. The largest absolute Gasteiger partial charge is 0.383 e. The second-order valence-electron chi connectivity index (χ2n) is 4.86. The number of aryl methyl sites for hydroxylation is 1. The third-order valence-electron chi connectivity index (χ3n) is 3.28. The molecule has 2 nitrogen and oxygen atoms in total. The SMILES string of the molecule is CCN(CCNc1cccc(C)c1)c1cccc(F)c1. The fourth-order valence-electron chi connectivity index (χ4n) is 2.23. The predicted octanol–water partition coefficient (Wildman–Crippen LogP) is 4.07. The molecule has 0 bridgehead atoms. The lowest BCUT2D eigenvalue weighted by molar-refractivity contribution is 0.626. The molecule has 0 unspecified atom stereocenters. The lowest BCUT2D eigenvalue weighted by Crippen LogP contribution is -2.28. The molecule has 0 atom stereocenters. The van der Waals surface area contributed by atoms with Crippen LogP contribution in [-0.2, 0) is 0 Å². The zero-order chi connectivity index (χ0) is 14.4. The Bertz CT molecular complexity index is 554. The second-order valence-corrected chi connectivity index (χ2v) is 4.86. The number of anilines is 2. The third kappa shape index (κ3) is 3.98. The van der Waals surface area contributed by atoms with Gasteiger partial charge < -0.3 is 10.2 Å². The zero-order valence-electron chi connectivity index (χ0n) is 12.1. The number of nitrogens with zero attached hydrogens (tertiary/aromatic N) is 1. The first-order chi connectivity index (χ1) is 9.69. The molecule has 0 fully saturated rings. The summed E-state index contributed by atoms with van der Waals surface area (Å²) in [7, 11) is 0. The molecule has 0 aliphatic heterocycles. The molecule has 0 aliphatic rings. The molecule has 0 aromatic heterocycles. The van der Waals surface area contributed by atoms with Gasteiger partial charge in [-0.3, -0.25) is 0 Å². The summed E-state index contributed by atoms with van der Waals surface area (Å²) in [5, 5.41) is 3.40. The van der Waals surface area contributed by atoms with Crippen molar-refractivity contribution in [2.45, 2.75) is 13.8 Å². The normalized spacial score (nSPS) is 10.3. The number of benzene rings is 2. The van der Waals surface area contributed by atoms with Crippen LogP contribution in [0.5, 0.6) is 0 Å². The molecule has 0 amide bonds. The molecule has 0 saturated carbocycles. The minimum absolute atomic E-state index is 0.187. The molecule has 1 N–H and O–H groups in total. The van der Waals surface area contributed by atoms with Crippen LogP contribution in [-0.4, -0.2) is 19.6 Å². The summed E-state index contributed by atoms with van der Waals surface area (Å²) in [6, 6.07) is 15.1. The van der Waals surface area contributed by atoms with Crippen LogP contribution < -0.4 is 10.2 Å². The Morgan fingerprint density at radius 3 is 2.60 bits per heavy atom. The molecule has 20 heavy (non-hydrogen) atoms. The van der Waals surface area contributed by atoms with Gasteiger partial charge in [-0.15, -0.1) is 0 Å².